The zero-order chi connectivity index (χ0) is 13.0. The molecular weight excluding hydrogens is 224 g/mol. The summed E-state index contributed by atoms with van der Waals surface area (Å²) in [6.45, 7) is 10.7. The molecule has 2 heterocycles. The molecule has 0 amide bonds. The molecule has 0 saturated carbocycles. The molecule has 2 aliphatic heterocycles. The first-order valence-electron chi connectivity index (χ1n) is 7.67. The summed E-state index contributed by atoms with van der Waals surface area (Å²) in [5, 5.41) is 0. The van der Waals surface area contributed by atoms with Gasteiger partial charge in [0.15, 0.2) is 0 Å². The molecule has 0 N–H and O–H groups in total. The molecule has 0 unspecified atom stereocenters. The number of hydrogen-bond donors (Lipinski definition) is 0. The molecule has 0 atom stereocenters. The van der Waals surface area contributed by atoms with Crippen LogP contribution in [0.2, 0.25) is 0 Å². The highest BCUT2D eigenvalue weighted by Crippen LogP contribution is 2.28. The molecule has 2 rings (SSSR count). The second-order valence-corrected chi connectivity index (χ2v) is 6.35. The van der Waals surface area contributed by atoms with E-state index < -0.39 is 0 Å². The van der Waals surface area contributed by atoms with Crippen molar-refractivity contribution >= 4 is 0 Å². The van der Waals surface area contributed by atoms with Gasteiger partial charge in [0.1, 0.15) is 0 Å². The van der Waals surface area contributed by atoms with Crippen LogP contribution in [0.3, 0.4) is 0 Å². The van der Waals surface area contributed by atoms with Gasteiger partial charge in [0.2, 0.25) is 0 Å². The molecule has 2 saturated heterocycles. The van der Waals surface area contributed by atoms with Gasteiger partial charge in [-0.15, -0.1) is 0 Å². The fraction of sp³-hybridized carbons (Fsp3) is 1.00. The minimum atomic E-state index is 0.128. The predicted octanol–water partition coefficient (Wildman–Crippen LogP) is 2.36. The van der Waals surface area contributed by atoms with Crippen molar-refractivity contribution in [3.63, 3.8) is 0 Å². The maximum atomic E-state index is 5.94. The van der Waals surface area contributed by atoms with Crippen LogP contribution in [0, 0.1) is 0 Å². The van der Waals surface area contributed by atoms with Crippen LogP contribution in [0.25, 0.3) is 0 Å². The van der Waals surface area contributed by atoms with Gasteiger partial charge in [-0.25, -0.2) is 0 Å². The summed E-state index contributed by atoms with van der Waals surface area (Å²) in [4.78, 5) is 5.20. The summed E-state index contributed by atoms with van der Waals surface area (Å²) in [6.07, 6.45) is 6.55. The summed E-state index contributed by atoms with van der Waals surface area (Å²) < 4.78 is 5.94. The Balaban J connectivity index is 1.87. The molecule has 0 aromatic heterocycles. The fourth-order valence-corrected chi connectivity index (χ4v) is 3.40. The van der Waals surface area contributed by atoms with E-state index >= 15 is 0 Å². The lowest BCUT2D eigenvalue weighted by molar-refractivity contribution is -0.0821. The van der Waals surface area contributed by atoms with Crippen molar-refractivity contribution in [2.24, 2.45) is 0 Å². The minimum Gasteiger partial charge on any atom is -0.377 e. The molecule has 3 heteroatoms. The summed E-state index contributed by atoms with van der Waals surface area (Å²) in [5.41, 5.74) is 0.128. The van der Waals surface area contributed by atoms with Crippen molar-refractivity contribution < 1.29 is 4.74 Å². The molecule has 0 aliphatic carbocycles. The maximum Gasteiger partial charge on any atom is 0.0829 e. The van der Waals surface area contributed by atoms with E-state index in [1.165, 1.54) is 58.3 Å². The van der Waals surface area contributed by atoms with Crippen LogP contribution >= 0.6 is 0 Å². The summed E-state index contributed by atoms with van der Waals surface area (Å²) >= 11 is 0. The Labute approximate surface area is 112 Å². The number of likely N-dealkylation sites (tertiary alicyclic amines) is 2. The summed E-state index contributed by atoms with van der Waals surface area (Å²) in [6, 6.07) is 0.676. The molecule has 0 radical (unpaired) electrons. The topological polar surface area (TPSA) is 15.7 Å². The van der Waals surface area contributed by atoms with Gasteiger partial charge in [0, 0.05) is 32.8 Å². The van der Waals surface area contributed by atoms with Crippen molar-refractivity contribution in [3.8, 4) is 0 Å². The van der Waals surface area contributed by atoms with Gasteiger partial charge in [-0.05, 0) is 52.6 Å². The van der Waals surface area contributed by atoms with E-state index in [-0.39, 0.29) is 5.60 Å². The minimum absolute atomic E-state index is 0.128. The van der Waals surface area contributed by atoms with Crippen LogP contribution < -0.4 is 0 Å². The van der Waals surface area contributed by atoms with E-state index in [1.54, 1.807) is 0 Å². The zero-order valence-corrected chi connectivity index (χ0v) is 12.5. The van der Waals surface area contributed by atoms with Gasteiger partial charge in [-0.1, -0.05) is 6.42 Å². The van der Waals surface area contributed by atoms with Crippen molar-refractivity contribution in [2.45, 2.75) is 57.6 Å². The number of ether oxygens (including phenoxy) is 1. The third-order valence-corrected chi connectivity index (χ3v) is 4.83. The largest absolute Gasteiger partial charge is 0.377 e. The van der Waals surface area contributed by atoms with Gasteiger partial charge >= 0.3 is 0 Å². The molecular formula is C15H30N2O. The molecule has 0 spiro atoms. The first-order valence-corrected chi connectivity index (χ1v) is 7.67. The van der Waals surface area contributed by atoms with Gasteiger partial charge in [0.25, 0.3) is 0 Å². The average Bonchev–Trinajstić information content (AvgIpc) is 2.40. The van der Waals surface area contributed by atoms with Crippen molar-refractivity contribution in [2.75, 3.05) is 39.8 Å². The molecule has 2 fully saturated rings. The van der Waals surface area contributed by atoms with Gasteiger partial charge in [-0.3, -0.25) is 0 Å². The third-order valence-electron chi connectivity index (χ3n) is 4.83. The Morgan fingerprint density at radius 3 is 2.11 bits per heavy atom. The molecule has 2 aliphatic rings. The Morgan fingerprint density at radius 1 is 1.00 bits per heavy atom. The molecule has 18 heavy (non-hydrogen) atoms. The molecule has 0 aromatic rings. The fourth-order valence-electron chi connectivity index (χ4n) is 3.40. The molecule has 0 aromatic carbocycles. The highest BCUT2D eigenvalue weighted by Gasteiger charge is 2.36. The number of nitrogens with zero attached hydrogens (tertiary/aromatic N) is 2. The average molecular weight is 254 g/mol. The van der Waals surface area contributed by atoms with Crippen molar-refractivity contribution in [3.05, 3.63) is 0 Å². The van der Waals surface area contributed by atoms with Crippen LogP contribution in [0.15, 0.2) is 0 Å². The second kappa shape index (κ2) is 6.36. The van der Waals surface area contributed by atoms with Crippen LogP contribution in [0.5, 0.6) is 0 Å². The highest BCUT2D eigenvalue weighted by atomic mass is 16.5. The first-order chi connectivity index (χ1) is 8.65. The van der Waals surface area contributed by atoms with Crippen LogP contribution in [0.1, 0.15) is 46.0 Å². The van der Waals surface area contributed by atoms with Crippen molar-refractivity contribution in [1.29, 1.82) is 0 Å². The van der Waals surface area contributed by atoms with Crippen LogP contribution in [-0.4, -0.2) is 61.3 Å². The Kier molecular flexibility index (Phi) is 5.05. The number of methoxy groups -OCH3 is 1. The lowest BCUT2D eigenvalue weighted by Crippen LogP contribution is -2.53. The van der Waals surface area contributed by atoms with Crippen LogP contribution in [0.4, 0.5) is 0 Å². The monoisotopic (exact) mass is 254 g/mol. The second-order valence-electron chi connectivity index (χ2n) is 6.35. The Morgan fingerprint density at radius 2 is 1.61 bits per heavy atom. The zero-order valence-electron chi connectivity index (χ0n) is 12.5. The predicted molar refractivity (Wildman–Crippen MR) is 76.0 cm³/mol. The highest BCUT2D eigenvalue weighted by molar-refractivity contribution is 4.91. The Bertz CT molecular complexity index is 241. The number of rotatable bonds is 4. The number of hydrogen-bond acceptors (Lipinski definition) is 3. The van der Waals surface area contributed by atoms with E-state index in [0.29, 0.717) is 6.04 Å². The van der Waals surface area contributed by atoms with E-state index in [4.69, 9.17) is 4.74 Å². The number of piperidine rings is 2. The quantitative estimate of drug-likeness (QED) is 0.766. The normalized spacial score (nSPS) is 26.7. The first kappa shape index (κ1) is 14.3. The summed E-state index contributed by atoms with van der Waals surface area (Å²) in [5.74, 6) is 0. The SMILES string of the molecule is COC1(CN2CCCCC2)CCN(C(C)C)CC1. The van der Waals surface area contributed by atoms with E-state index in [9.17, 15) is 0 Å². The van der Waals surface area contributed by atoms with Gasteiger partial charge < -0.3 is 14.5 Å². The van der Waals surface area contributed by atoms with Gasteiger partial charge in [-0.2, -0.15) is 0 Å². The summed E-state index contributed by atoms with van der Waals surface area (Å²) in [7, 11) is 1.91. The van der Waals surface area contributed by atoms with Crippen LogP contribution in [-0.2, 0) is 4.74 Å². The van der Waals surface area contributed by atoms with E-state index in [1.807, 2.05) is 7.11 Å². The molecule has 3 nitrogen and oxygen atoms in total. The third kappa shape index (κ3) is 3.46. The molecule has 106 valence electrons. The maximum absolute atomic E-state index is 5.94. The Hall–Kier alpha value is -0.120. The smallest absolute Gasteiger partial charge is 0.0829 e. The van der Waals surface area contributed by atoms with Gasteiger partial charge in [0.05, 0.1) is 5.60 Å². The standard InChI is InChI=1S/C15H30N2O/c1-14(2)17-11-7-15(18-3,8-12-17)13-16-9-5-4-6-10-16/h14H,4-13H2,1-3H3. The van der Waals surface area contributed by atoms with E-state index in [0.717, 1.165) is 6.54 Å². The lowest BCUT2D eigenvalue weighted by Gasteiger charge is -2.45. The van der Waals surface area contributed by atoms with E-state index in [2.05, 4.69) is 23.6 Å². The molecule has 0 bridgehead atoms. The van der Waals surface area contributed by atoms with Crippen molar-refractivity contribution in [1.82, 2.24) is 9.80 Å². The lowest BCUT2D eigenvalue weighted by atomic mass is 9.89.